The van der Waals surface area contributed by atoms with Crippen molar-refractivity contribution in [1.29, 1.82) is 0 Å². The molecular weight excluding hydrogens is 409 g/mol. The van der Waals surface area contributed by atoms with E-state index in [1.807, 2.05) is 25.1 Å². The zero-order valence-electron chi connectivity index (χ0n) is 15.4. The molecule has 0 aliphatic heterocycles. The number of nitrogens with one attached hydrogen (secondary N) is 1. The molecule has 3 aromatic rings. The lowest BCUT2D eigenvalue weighted by molar-refractivity contribution is -0.137. The topological polar surface area (TPSA) is 64.4 Å². The summed E-state index contributed by atoms with van der Waals surface area (Å²) in [5, 5.41) is 5.64. The number of alkyl halides is 3. The number of hydrogen-bond acceptors (Lipinski definition) is 4. The molecule has 1 amide bonds. The average Bonchev–Trinajstić information content (AvgIpc) is 3.01. The Hall–Kier alpha value is -3.00. The summed E-state index contributed by atoms with van der Waals surface area (Å²) in [6.07, 6.45) is -4.64. The minimum Gasteiger partial charge on any atom is -0.489 e. The Morgan fingerprint density at radius 1 is 1.21 bits per heavy atom. The van der Waals surface area contributed by atoms with Crippen molar-refractivity contribution in [3.05, 3.63) is 75.6 Å². The van der Waals surface area contributed by atoms with Gasteiger partial charge >= 0.3 is 6.18 Å². The van der Waals surface area contributed by atoms with Crippen LogP contribution in [0, 0.1) is 13.8 Å². The van der Waals surface area contributed by atoms with Gasteiger partial charge in [-0.3, -0.25) is 4.79 Å². The lowest BCUT2D eigenvalue weighted by Crippen LogP contribution is -2.16. The Morgan fingerprint density at radius 3 is 2.66 bits per heavy atom. The van der Waals surface area contributed by atoms with Crippen LogP contribution in [0.3, 0.4) is 0 Å². The Labute approximate surface area is 169 Å². The van der Waals surface area contributed by atoms with E-state index in [0.29, 0.717) is 17.1 Å². The number of ether oxygens (including phenoxy) is 1. The van der Waals surface area contributed by atoms with Crippen molar-refractivity contribution in [2.24, 2.45) is 0 Å². The van der Waals surface area contributed by atoms with Crippen LogP contribution in [0.1, 0.15) is 32.9 Å². The minimum atomic E-state index is -4.64. The van der Waals surface area contributed by atoms with E-state index in [0.717, 1.165) is 17.7 Å². The molecule has 0 spiro atoms. The molecule has 0 saturated heterocycles. The van der Waals surface area contributed by atoms with E-state index in [1.54, 1.807) is 13.0 Å². The summed E-state index contributed by atoms with van der Waals surface area (Å²) in [4.78, 5) is 12.6. The Bertz CT molecular complexity index is 1050. The van der Waals surface area contributed by atoms with Crippen molar-refractivity contribution in [2.45, 2.75) is 26.6 Å². The summed E-state index contributed by atoms with van der Waals surface area (Å²) in [6.45, 7) is 3.54. The molecule has 9 heteroatoms. The number of carbonyl (C=O) groups excluding carboxylic acids is 1. The van der Waals surface area contributed by atoms with Gasteiger partial charge in [-0.05, 0) is 49.7 Å². The molecule has 29 heavy (non-hydrogen) atoms. The SMILES string of the molecule is Cc1cccc(OCc2c(C(=O)Nc3ccc(Cl)c(C(F)(F)F)c3)noc2C)c1. The number of hydrogen-bond donors (Lipinski definition) is 1. The molecular formula is C20H16ClF3N2O3. The van der Waals surface area contributed by atoms with Gasteiger partial charge in [0.2, 0.25) is 0 Å². The van der Waals surface area contributed by atoms with E-state index in [4.69, 9.17) is 20.9 Å². The molecule has 2 aromatic carbocycles. The van der Waals surface area contributed by atoms with Crippen LogP contribution >= 0.6 is 11.6 Å². The van der Waals surface area contributed by atoms with Gasteiger partial charge in [0.1, 0.15) is 18.1 Å². The number of carbonyl (C=O) groups is 1. The summed E-state index contributed by atoms with van der Waals surface area (Å²) in [5.74, 6) is 0.250. The van der Waals surface area contributed by atoms with Crippen LogP contribution in [0.25, 0.3) is 0 Å². The molecule has 0 bridgehead atoms. The highest BCUT2D eigenvalue weighted by molar-refractivity contribution is 6.31. The maximum Gasteiger partial charge on any atom is 0.417 e. The number of halogens is 4. The van der Waals surface area contributed by atoms with Crippen molar-refractivity contribution in [1.82, 2.24) is 5.16 Å². The molecule has 3 rings (SSSR count). The Kier molecular flexibility index (Phi) is 5.83. The molecule has 0 unspecified atom stereocenters. The maximum absolute atomic E-state index is 13.0. The summed E-state index contributed by atoms with van der Waals surface area (Å²) >= 11 is 5.60. The zero-order valence-corrected chi connectivity index (χ0v) is 16.2. The number of benzene rings is 2. The van der Waals surface area contributed by atoms with Crippen molar-refractivity contribution in [3.63, 3.8) is 0 Å². The lowest BCUT2D eigenvalue weighted by atomic mass is 10.1. The zero-order chi connectivity index (χ0) is 21.2. The molecule has 0 aliphatic rings. The number of nitrogens with zero attached hydrogens (tertiary/aromatic N) is 1. The average molecular weight is 425 g/mol. The van der Waals surface area contributed by atoms with Gasteiger partial charge in [-0.25, -0.2) is 0 Å². The van der Waals surface area contributed by atoms with Crippen molar-refractivity contribution >= 4 is 23.2 Å². The number of aromatic nitrogens is 1. The van der Waals surface area contributed by atoms with Crippen LogP contribution in [0.5, 0.6) is 5.75 Å². The maximum atomic E-state index is 13.0. The fourth-order valence-corrected chi connectivity index (χ4v) is 2.84. The summed E-state index contributed by atoms with van der Waals surface area (Å²) < 4.78 is 49.8. The first-order valence-corrected chi connectivity index (χ1v) is 8.85. The molecule has 5 nitrogen and oxygen atoms in total. The van der Waals surface area contributed by atoms with Crippen LogP contribution in [0.15, 0.2) is 47.0 Å². The van der Waals surface area contributed by atoms with E-state index in [-0.39, 0.29) is 18.0 Å². The van der Waals surface area contributed by atoms with Crippen LogP contribution in [0.4, 0.5) is 18.9 Å². The smallest absolute Gasteiger partial charge is 0.417 e. The largest absolute Gasteiger partial charge is 0.489 e. The van der Waals surface area contributed by atoms with E-state index in [1.165, 1.54) is 6.07 Å². The fourth-order valence-electron chi connectivity index (χ4n) is 2.61. The quantitative estimate of drug-likeness (QED) is 0.562. The Balaban J connectivity index is 1.79. The second-order valence-electron chi connectivity index (χ2n) is 6.32. The van der Waals surface area contributed by atoms with Gasteiger partial charge in [0.15, 0.2) is 5.69 Å². The molecule has 1 aromatic heterocycles. The lowest BCUT2D eigenvalue weighted by Gasteiger charge is -2.12. The van der Waals surface area contributed by atoms with Crippen LogP contribution in [0.2, 0.25) is 5.02 Å². The van der Waals surface area contributed by atoms with E-state index in [2.05, 4.69) is 10.5 Å². The summed E-state index contributed by atoms with van der Waals surface area (Å²) in [6, 6.07) is 10.4. The van der Waals surface area contributed by atoms with Crippen LogP contribution in [-0.4, -0.2) is 11.1 Å². The van der Waals surface area contributed by atoms with Gasteiger partial charge in [0.05, 0.1) is 16.1 Å². The predicted octanol–water partition coefficient (Wildman–Crippen LogP) is 5.79. The molecule has 152 valence electrons. The standard InChI is InChI=1S/C20H16ClF3N2O3/c1-11-4-3-5-14(8-11)28-10-15-12(2)29-26-18(15)19(27)25-13-6-7-17(21)16(9-13)20(22,23)24/h3-9H,10H2,1-2H3,(H,25,27). The van der Waals surface area contributed by atoms with Crippen molar-refractivity contribution in [2.75, 3.05) is 5.32 Å². The first kappa shape index (κ1) is 20.7. The van der Waals surface area contributed by atoms with Gasteiger partial charge in [-0.15, -0.1) is 0 Å². The number of aryl methyl sites for hydroxylation is 2. The highest BCUT2D eigenvalue weighted by Crippen LogP contribution is 2.36. The molecule has 1 N–H and O–H groups in total. The summed E-state index contributed by atoms with van der Waals surface area (Å²) in [7, 11) is 0. The second kappa shape index (κ2) is 8.16. The normalized spacial score (nSPS) is 11.4. The molecule has 0 radical (unpaired) electrons. The molecule has 0 fully saturated rings. The van der Waals surface area contributed by atoms with Crippen LogP contribution < -0.4 is 10.1 Å². The third-order valence-electron chi connectivity index (χ3n) is 4.10. The fraction of sp³-hybridized carbons (Fsp3) is 0.200. The van der Waals surface area contributed by atoms with Crippen molar-refractivity contribution in [3.8, 4) is 5.75 Å². The van der Waals surface area contributed by atoms with Gasteiger partial charge in [-0.1, -0.05) is 28.9 Å². The first-order valence-electron chi connectivity index (χ1n) is 8.48. The molecule has 1 heterocycles. The van der Waals surface area contributed by atoms with E-state index >= 15 is 0 Å². The second-order valence-corrected chi connectivity index (χ2v) is 6.72. The Morgan fingerprint density at radius 2 is 1.97 bits per heavy atom. The molecule has 0 atom stereocenters. The van der Waals surface area contributed by atoms with Gasteiger partial charge in [-0.2, -0.15) is 13.2 Å². The molecule has 0 saturated carbocycles. The van der Waals surface area contributed by atoms with E-state index < -0.39 is 22.7 Å². The van der Waals surface area contributed by atoms with E-state index in [9.17, 15) is 18.0 Å². The highest BCUT2D eigenvalue weighted by Gasteiger charge is 2.33. The third-order valence-corrected chi connectivity index (χ3v) is 4.43. The number of anilines is 1. The monoisotopic (exact) mass is 424 g/mol. The summed E-state index contributed by atoms with van der Waals surface area (Å²) in [5.41, 5.74) is 0.215. The highest BCUT2D eigenvalue weighted by atomic mass is 35.5. The van der Waals surface area contributed by atoms with Crippen molar-refractivity contribution < 1.29 is 27.2 Å². The van der Waals surface area contributed by atoms with Gasteiger partial charge in [0.25, 0.3) is 5.91 Å². The molecule has 0 aliphatic carbocycles. The van der Waals surface area contributed by atoms with Gasteiger partial charge < -0.3 is 14.6 Å². The minimum absolute atomic E-state index is 0.00988. The number of rotatable bonds is 5. The first-order chi connectivity index (χ1) is 13.6. The third kappa shape index (κ3) is 4.89. The van der Waals surface area contributed by atoms with Crippen LogP contribution in [-0.2, 0) is 12.8 Å². The number of amides is 1. The predicted molar refractivity (Wildman–Crippen MR) is 101 cm³/mol. The van der Waals surface area contributed by atoms with Gasteiger partial charge in [0, 0.05) is 5.69 Å².